The molecule has 0 spiro atoms. The number of anilines is 1. The minimum atomic E-state index is -1.32. The fourth-order valence-corrected chi connectivity index (χ4v) is 2.23. The lowest BCUT2D eigenvalue weighted by Gasteiger charge is -2.05. The van der Waals surface area contributed by atoms with Gasteiger partial charge in [0, 0.05) is 17.5 Å². The molecule has 21 heavy (non-hydrogen) atoms. The number of hydrogen-bond acceptors (Lipinski definition) is 3. The molecule has 0 aliphatic rings. The Morgan fingerprint density at radius 3 is 2.62 bits per heavy atom. The molecular weight excluding hydrogens is 301 g/mol. The van der Waals surface area contributed by atoms with Crippen molar-refractivity contribution in [3.63, 3.8) is 0 Å². The van der Waals surface area contributed by atoms with Crippen LogP contribution in [0.25, 0.3) is 0 Å². The van der Waals surface area contributed by atoms with E-state index in [4.69, 9.17) is 5.73 Å². The lowest BCUT2D eigenvalue weighted by molar-refractivity contribution is 0.102. The summed E-state index contributed by atoms with van der Waals surface area (Å²) in [6.07, 6.45) is 0. The Bertz CT molecular complexity index is 746. The Morgan fingerprint density at radius 2 is 1.90 bits per heavy atom. The quantitative estimate of drug-likeness (QED) is 0.662. The number of halogens is 3. The second kappa shape index (κ2) is 6.43. The minimum absolute atomic E-state index is 0.194. The molecule has 2 rings (SSSR count). The number of benzene rings is 1. The van der Waals surface area contributed by atoms with Crippen molar-refractivity contribution >= 4 is 22.9 Å². The Morgan fingerprint density at radius 1 is 1.19 bits per heavy atom. The minimum Gasteiger partial charge on any atom is -0.320 e. The van der Waals surface area contributed by atoms with Crippen LogP contribution in [0.2, 0.25) is 0 Å². The molecule has 0 aliphatic heterocycles. The third-order valence-electron chi connectivity index (χ3n) is 2.43. The van der Waals surface area contributed by atoms with Crippen molar-refractivity contribution in [2.45, 2.75) is 0 Å². The Labute approximate surface area is 122 Å². The summed E-state index contributed by atoms with van der Waals surface area (Å²) in [7, 11) is 0. The van der Waals surface area contributed by atoms with Crippen LogP contribution in [-0.4, -0.2) is 12.5 Å². The molecule has 3 N–H and O–H groups in total. The highest BCUT2D eigenvalue weighted by Gasteiger charge is 2.14. The molecule has 1 amide bonds. The van der Waals surface area contributed by atoms with Gasteiger partial charge in [0.15, 0.2) is 11.6 Å². The predicted molar refractivity (Wildman–Crippen MR) is 74.5 cm³/mol. The van der Waals surface area contributed by atoms with Gasteiger partial charge >= 0.3 is 0 Å². The number of thiophene rings is 1. The van der Waals surface area contributed by atoms with E-state index in [0.717, 1.165) is 0 Å². The molecule has 3 nitrogen and oxygen atoms in total. The maximum atomic E-state index is 13.4. The van der Waals surface area contributed by atoms with E-state index in [1.54, 1.807) is 0 Å². The number of rotatable bonds is 2. The van der Waals surface area contributed by atoms with E-state index in [1.807, 2.05) is 0 Å². The van der Waals surface area contributed by atoms with Gasteiger partial charge in [0.25, 0.3) is 5.91 Å². The molecule has 1 aromatic carbocycles. The summed E-state index contributed by atoms with van der Waals surface area (Å²) in [6.45, 7) is 0.194. The number of nitrogens with one attached hydrogen (secondary N) is 1. The summed E-state index contributed by atoms with van der Waals surface area (Å²) < 4.78 is 39.2. The van der Waals surface area contributed by atoms with Crippen LogP contribution in [-0.2, 0) is 0 Å². The molecule has 7 heteroatoms. The number of hydrogen-bond donors (Lipinski definition) is 2. The first-order valence-electron chi connectivity index (χ1n) is 5.74. The summed E-state index contributed by atoms with van der Waals surface area (Å²) >= 11 is 1.22. The van der Waals surface area contributed by atoms with Gasteiger partial charge in [-0.1, -0.05) is 11.8 Å². The first kappa shape index (κ1) is 15.1. The molecule has 1 aromatic heterocycles. The zero-order chi connectivity index (χ0) is 15.4. The standard InChI is InChI=1S/C14H9F3N2OS/c15-10-5-12(17)13(6-11(10)16)19-14(20)8-4-9(21-7-8)2-1-3-18/h4-7H,3,18H2,(H,19,20). The van der Waals surface area contributed by atoms with Gasteiger partial charge in [0.05, 0.1) is 22.7 Å². The molecule has 0 radical (unpaired) electrons. The zero-order valence-corrected chi connectivity index (χ0v) is 11.4. The van der Waals surface area contributed by atoms with Gasteiger partial charge in [-0.15, -0.1) is 11.3 Å². The highest BCUT2D eigenvalue weighted by Crippen LogP contribution is 2.20. The second-order valence-electron chi connectivity index (χ2n) is 3.91. The largest absolute Gasteiger partial charge is 0.320 e. The fraction of sp³-hybridized carbons (Fsp3) is 0.0714. The highest BCUT2D eigenvalue weighted by molar-refractivity contribution is 7.10. The van der Waals surface area contributed by atoms with Crippen LogP contribution in [0.4, 0.5) is 18.9 Å². The van der Waals surface area contributed by atoms with Crippen molar-refractivity contribution in [2.24, 2.45) is 5.73 Å². The molecule has 0 unspecified atom stereocenters. The first-order chi connectivity index (χ1) is 10.0. The Kier molecular flexibility index (Phi) is 4.62. The molecule has 0 saturated carbocycles. The third-order valence-corrected chi connectivity index (χ3v) is 3.28. The van der Waals surface area contributed by atoms with Gasteiger partial charge in [-0.05, 0) is 6.07 Å². The van der Waals surface area contributed by atoms with Crippen LogP contribution in [0.5, 0.6) is 0 Å². The van der Waals surface area contributed by atoms with E-state index in [-0.39, 0.29) is 12.1 Å². The SMILES string of the molecule is NCC#Cc1cc(C(=O)Nc2cc(F)c(F)cc2F)cs1. The summed E-state index contributed by atoms with van der Waals surface area (Å²) in [5, 5.41) is 3.70. The average molecular weight is 310 g/mol. The van der Waals surface area contributed by atoms with E-state index in [2.05, 4.69) is 17.2 Å². The van der Waals surface area contributed by atoms with E-state index in [1.165, 1.54) is 22.8 Å². The van der Waals surface area contributed by atoms with E-state index in [9.17, 15) is 18.0 Å². The lowest BCUT2D eigenvalue weighted by Crippen LogP contribution is -2.12. The summed E-state index contributed by atoms with van der Waals surface area (Å²) in [5.74, 6) is 1.13. The van der Waals surface area contributed by atoms with Crippen LogP contribution in [0.3, 0.4) is 0 Å². The average Bonchev–Trinajstić information content (AvgIpc) is 2.91. The van der Waals surface area contributed by atoms with Crippen LogP contribution in [0.1, 0.15) is 15.2 Å². The maximum absolute atomic E-state index is 13.4. The topological polar surface area (TPSA) is 55.1 Å². The summed E-state index contributed by atoms with van der Waals surface area (Å²) in [4.78, 5) is 12.5. The van der Waals surface area contributed by atoms with Crippen molar-refractivity contribution in [1.29, 1.82) is 0 Å². The highest BCUT2D eigenvalue weighted by atomic mass is 32.1. The fourth-order valence-electron chi connectivity index (χ4n) is 1.47. The molecule has 2 aromatic rings. The van der Waals surface area contributed by atoms with Gasteiger partial charge < -0.3 is 11.1 Å². The van der Waals surface area contributed by atoms with Crippen LogP contribution < -0.4 is 11.1 Å². The molecule has 108 valence electrons. The molecule has 0 bridgehead atoms. The number of carbonyl (C=O) groups excluding carboxylic acids is 1. The Hall–Kier alpha value is -2.30. The van der Waals surface area contributed by atoms with Gasteiger partial charge in [-0.2, -0.15) is 0 Å². The second-order valence-corrected chi connectivity index (χ2v) is 4.82. The molecule has 0 atom stereocenters. The molecule has 1 heterocycles. The van der Waals surface area contributed by atoms with E-state index < -0.39 is 29.0 Å². The smallest absolute Gasteiger partial charge is 0.256 e. The maximum Gasteiger partial charge on any atom is 0.256 e. The van der Waals surface area contributed by atoms with Crippen molar-refractivity contribution in [2.75, 3.05) is 11.9 Å². The number of amides is 1. The van der Waals surface area contributed by atoms with Gasteiger partial charge in [-0.3, -0.25) is 4.79 Å². The molecule has 0 fully saturated rings. The lowest BCUT2D eigenvalue weighted by atomic mass is 10.2. The zero-order valence-electron chi connectivity index (χ0n) is 10.5. The molecule has 0 saturated heterocycles. The van der Waals surface area contributed by atoms with E-state index in [0.29, 0.717) is 17.0 Å². The van der Waals surface area contributed by atoms with Crippen molar-refractivity contribution in [3.8, 4) is 11.8 Å². The summed E-state index contributed by atoms with van der Waals surface area (Å²) in [6, 6.07) is 2.46. The third kappa shape index (κ3) is 3.62. The number of nitrogens with two attached hydrogens (primary N) is 1. The summed E-state index contributed by atoms with van der Waals surface area (Å²) in [5.41, 5.74) is 5.04. The monoisotopic (exact) mass is 310 g/mol. The van der Waals surface area contributed by atoms with Crippen molar-refractivity contribution in [3.05, 3.63) is 51.5 Å². The predicted octanol–water partition coefficient (Wildman–Crippen LogP) is 2.73. The normalized spacial score (nSPS) is 9.90. The Balaban J connectivity index is 2.18. The van der Waals surface area contributed by atoms with Crippen molar-refractivity contribution in [1.82, 2.24) is 0 Å². The molecule has 0 aliphatic carbocycles. The molecular formula is C14H9F3N2OS. The van der Waals surface area contributed by atoms with Gasteiger partial charge in [0.2, 0.25) is 0 Å². The first-order valence-corrected chi connectivity index (χ1v) is 6.62. The van der Waals surface area contributed by atoms with Crippen LogP contribution >= 0.6 is 11.3 Å². The van der Waals surface area contributed by atoms with Crippen molar-refractivity contribution < 1.29 is 18.0 Å². The van der Waals surface area contributed by atoms with E-state index >= 15 is 0 Å². The van der Waals surface area contributed by atoms with Gasteiger partial charge in [0.1, 0.15) is 5.82 Å². The van der Waals surface area contributed by atoms with Crippen LogP contribution in [0, 0.1) is 29.3 Å². The van der Waals surface area contributed by atoms with Gasteiger partial charge in [-0.25, -0.2) is 13.2 Å². The van der Waals surface area contributed by atoms with Crippen LogP contribution in [0.15, 0.2) is 23.6 Å². The number of carbonyl (C=O) groups is 1.